The molecule has 2 N–H and O–H groups in total. The van der Waals surface area contributed by atoms with Crippen molar-refractivity contribution in [1.82, 2.24) is 9.88 Å². The minimum absolute atomic E-state index is 0.288. The predicted octanol–water partition coefficient (Wildman–Crippen LogP) is 1.25. The zero-order chi connectivity index (χ0) is 14.2. The SMILES string of the molecule is NCCCCCC(=O)N1CCN(c2ccncc2)CC1. The van der Waals surface area contributed by atoms with E-state index >= 15 is 0 Å². The molecule has 110 valence electrons. The third kappa shape index (κ3) is 4.20. The van der Waals surface area contributed by atoms with Crippen molar-refractivity contribution in [2.24, 2.45) is 5.73 Å². The Morgan fingerprint density at radius 2 is 1.80 bits per heavy atom. The van der Waals surface area contributed by atoms with E-state index in [1.807, 2.05) is 29.4 Å². The van der Waals surface area contributed by atoms with Crippen LogP contribution in [0.4, 0.5) is 5.69 Å². The summed E-state index contributed by atoms with van der Waals surface area (Å²) in [7, 11) is 0. The molecule has 1 aliphatic heterocycles. The number of nitrogens with zero attached hydrogens (tertiary/aromatic N) is 3. The van der Waals surface area contributed by atoms with Crippen LogP contribution in [0.25, 0.3) is 0 Å². The van der Waals surface area contributed by atoms with Crippen LogP contribution in [0.1, 0.15) is 25.7 Å². The number of carbonyl (C=O) groups excluding carboxylic acids is 1. The molecule has 0 saturated carbocycles. The fourth-order valence-electron chi connectivity index (χ4n) is 2.52. The molecule has 2 rings (SSSR count). The third-order valence-corrected chi connectivity index (χ3v) is 3.76. The number of nitrogens with two attached hydrogens (primary N) is 1. The van der Waals surface area contributed by atoms with E-state index in [9.17, 15) is 4.79 Å². The average molecular weight is 276 g/mol. The Kier molecular flexibility index (Phi) is 5.80. The normalized spacial score (nSPS) is 15.4. The molecule has 5 nitrogen and oxygen atoms in total. The maximum Gasteiger partial charge on any atom is 0.222 e. The maximum atomic E-state index is 12.1. The highest BCUT2D eigenvalue weighted by Crippen LogP contribution is 2.15. The van der Waals surface area contributed by atoms with Crippen molar-refractivity contribution in [2.75, 3.05) is 37.6 Å². The second-order valence-corrected chi connectivity index (χ2v) is 5.17. The number of rotatable bonds is 6. The predicted molar refractivity (Wildman–Crippen MR) is 80.6 cm³/mol. The lowest BCUT2D eigenvalue weighted by Gasteiger charge is -2.36. The number of hydrogen-bond acceptors (Lipinski definition) is 4. The fraction of sp³-hybridized carbons (Fsp3) is 0.600. The Morgan fingerprint density at radius 1 is 1.10 bits per heavy atom. The van der Waals surface area contributed by atoms with Crippen LogP contribution in [-0.4, -0.2) is 48.5 Å². The van der Waals surface area contributed by atoms with Crippen molar-refractivity contribution in [2.45, 2.75) is 25.7 Å². The van der Waals surface area contributed by atoms with Crippen LogP contribution in [0.15, 0.2) is 24.5 Å². The number of hydrogen-bond donors (Lipinski definition) is 1. The number of pyridine rings is 1. The lowest BCUT2D eigenvalue weighted by molar-refractivity contribution is -0.131. The molecule has 0 bridgehead atoms. The van der Waals surface area contributed by atoms with Crippen LogP contribution in [0, 0.1) is 0 Å². The summed E-state index contributed by atoms with van der Waals surface area (Å²) >= 11 is 0. The van der Waals surface area contributed by atoms with Crippen molar-refractivity contribution in [3.63, 3.8) is 0 Å². The standard InChI is InChI=1S/C15H24N4O/c16-7-3-1-2-4-15(20)19-12-10-18(11-13-19)14-5-8-17-9-6-14/h5-6,8-9H,1-4,7,10-13,16H2. The molecule has 0 radical (unpaired) electrons. The van der Waals surface area contributed by atoms with Gasteiger partial charge in [-0.05, 0) is 31.5 Å². The largest absolute Gasteiger partial charge is 0.368 e. The van der Waals surface area contributed by atoms with Gasteiger partial charge >= 0.3 is 0 Å². The number of aromatic nitrogens is 1. The van der Waals surface area contributed by atoms with E-state index in [1.165, 1.54) is 5.69 Å². The van der Waals surface area contributed by atoms with Crippen molar-refractivity contribution in [3.05, 3.63) is 24.5 Å². The molecule has 20 heavy (non-hydrogen) atoms. The lowest BCUT2D eigenvalue weighted by atomic mass is 10.1. The van der Waals surface area contributed by atoms with Gasteiger partial charge in [0, 0.05) is 50.7 Å². The van der Waals surface area contributed by atoms with Crippen molar-refractivity contribution >= 4 is 11.6 Å². The van der Waals surface area contributed by atoms with E-state index in [1.54, 1.807) is 0 Å². The summed E-state index contributed by atoms with van der Waals surface area (Å²) in [5, 5.41) is 0. The zero-order valence-electron chi connectivity index (χ0n) is 12.0. The van der Waals surface area contributed by atoms with Crippen LogP contribution in [0.5, 0.6) is 0 Å². The van der Waals surface area contributed by atoms with E-state index in [0.29, 0.717) is 6.42 Å². The molecule has 0 aromatic carbocycles. The smallest absolute Gasteiger partial charge is 0.222 e. The van der Waals surface area contributed by atoms with Gasteiger partial charge in [0.2, 0.25) is 5.91 Å². The van der Waals surface area contributed by atoms with E-state index < -0.39 is 0 Å². The Bertz CT molecular complexity index is 402. The molecule has 2 heterocycles. The van der Waals surface area contributed by atoms with E-state index in [2.05, 4.69) is 9.88 Å². The molecule has 1 saturated heterocycles. The molecule has 0 atom stereocenters. The summed E-state index contributed by atoms with van der Waals surface area (Å²) in [5.41, 5.74) is 6.64. The van der Waals surface area contributed by atoms with Crippen molar-refractivity contribution in [3.8, 4) is 0 Å². The minimum Gasteiger partial charge on any atom is -0.368 e. The van der Waals surface area contributed by atoms with Crippen LogP contribution < -0.4 is 10.6 Å². The molecule has 0 spiro atoms. The van der Waals surface area contributed by atoms with Crippen LogP contribution >= 0.6 is 0 Å². The molecule has 1 amide bonds. The van der Waals surface area contributed by atoms with Gasteiger partial charge in [0.1, 0.15) is 0 Å². The quantitative estimate of drug-likeness (QED) is 0.794. The summed E-state index contributed by atoms with van der Waals surface area (Å²) < 4.78 is 0. The van der Waals surface area contributed by atoms with Crippen LogP contribution in [0.3, 0.4) is 0 Å². The van der Waals surface area contributed by atoms with Gasteiger partial charge in [-0.1, -0.05) is 6.42 Å². The number of amides is 1. The number of piperazine rings is 1. The Balaban J connectivity index is 1.72. The first kappa shape index (κ1) is 14.8. The van der Waals surface area contributed by atoms with Crippen molar-refractivity contribution in [1.29, 1.82) is 0 Å². The molecule has 1 fully saturated rings. The van der Waals surface area contributed by atoms with Gasteiger partial charge in [0.15, 0.2) is 0 Å². The van der Waals surface area contributed by atoms with Gasteiger partial charge in [-0.15, -0.1) is 0 Å². The molecule has 1 aromatic rings. The lowest BCUT2D eigenvalue weighted by Crippen LogP contribution is -2.48. The monoisotopic (exact) mass is 276 g/mol. The summed E-state index contributed by atoms with van der Waals surface area (Å²) in [5.74, 6) is 0.288. The van der Waals surface area contributed by atoms with E-state index in [4.69, 9.17) is 5.73 Å². The Hall–Kier alpha value is -1.62. The first-order valence-corrected chi connectivity index (χ1v) is 7.44. The number of unbranched alkanes of at least 4 members (excludes halogenated alkanes) is 2. The summed E-state index contributed by atoms with van der Waals surface area (Å²) in [6, 6.07) is 4.04. The second-order valence-electron chi connectivity index (χ2n) is 5.17. The Morgan fingerprint density at radius 3 is 2.45 bits per heavy atom. The van der Waals surface area contributed by atoms with Crippen molar-refractivity contribution < 1.29 is 4.79 Å². The summed E-state index contributed by atoms with van der Waals surface area (Å²) in [6.45, 7) is 4.16. The highest BCUT2D eigenvalue weighted by molar-refractivity contribution is 5.76. The van der Waals surface area contributed by atoms with Crippen LogP contribution in [0.2, 0.25) is 0 Å². The fourth-order valence-corrected chi connectivity index (χ4v) is 2.52. The maximum absolute atomic E-state index is 12.1. The molecule has 0 unspecified atom stereocenters. The first-order chi connectivity index (χ1) is 9.81. The molecule has 0 aliphatic carbocycles. The molecule has 5 heteroatoms. The van der Waals surface area contributed by atoms with E-state index in [0.717, 1.165) is 52.0 Å². The average Bonchev–Trinajstić information content (AvgIpc) is 2.52. The van der Waals surface area contributed by atoms with Gasteiger partial charge in [-0.2, -0.15) is 0 Å². The summed E-state index contributed by atoms with van der Waals surface area (Å²) in [4.78, 5) is 20.4. The topological polar surface area (TPSA) is 62.5 Å². The van der Waals surface area contributed by atoms with Gasteiger partial charge in [-0.25, -0.2) is 0 Å². The zero-order valence-corrected chi connectivity index (χ0v) is 12.0. The molecular formula is C15H24N4O. The van der Waals surface area contributed by atoms with E-state index in [-0.39, 0.29) is 5.91 Å². The summed E-state index contributed by atoms with van der Waals surface area (Å²) in [6.07, 6.45) is 7.31. The third-order valence-electron chi connectivity index (χ3n) is 3.76. The highest BCUT2D eigenvalue weighted by atomic mass is 16.2. The molecular weight excluding hydrogens is 252 g/mol. The Labute approximate surface area is 120 Å². The number of anilines is 1. The molecule has 1 aromatic heterocycles. The van der Waals surface area contributed by atoms with Gasteiger partial charge in [-0.3, -0.25) is 9.78 Å². The van der Waals surface area contributed by atoms with Gasteiger partial charge < -0.3 is 15.5 Å². The number of carbonyl (C=O) groups is 1. The molecule has 1 aliphatic rings. The first-order valence-electron chi connectivity index (χ1n) is 7.44. The van der Waals surface area contributed by atoms with Gasteiger partial charge in [0.05, 0.1) is 0 Å². The minimum atomic E-state index is 0.288. The van der Waals surface area contributed by atoms with Gasteiger partial charge in [0.25, 0.3) is 0 Å². The second kappa shape index (κ2) is 7.85. The highest BCUT2D eigenvalue weighted by Gasteiger charge is 2.20. The van der Waals surface area contributed by atoms with Crippen LogP contribution in [-0.2, 0) is 4.79 Å².